The van der Waals surface area contributed by atoms with Crippen molar-refractivity contribution in [3.05, 3.63) is 97.2 Å². The number of esters is 3. The third kappa shape index (κ3) is 47.6. The maximum atomic E-state index is 13.2. The van der Waals surface area contributed by atoms with Gasteiger partial charge in [0.15, 0.2) is 24.6 Å². The van der Waals surface area contributed by atoms with Crippen molar-refractivity contribution >= 4 is 23.9 Å². The second-order valence-electron chi connectivity index (χ2n) is 22.4. The van der Waals surface area contributed by atoms with Gasteiger partial charge in [0.1, 0.15) is 18.8 Å². The predicted octanol–water partition coefficient (Wildman–Crippen LogP) is 18.0. The van der Waals surface area contributed by atoms with Gasteiger partial charge < -0.3 is 39.0 Å². The molecule has 83 heavy (non-hydrogen) atoms. The van der Waals surface area contributed by atoms with E-state index in [1.54, 1.807) is 0 Å². The number of aliphatic carboxylic acids is 1. The molecule has 0 aliphatic carbocycles. The van der Waals surface area contributed by atoms with Crippen LogP contribution in [0, 0.1) is 0 Å². The van der Waals surface area contributed by atoms with Crippen LogP contribution in [-0.2, 0) is 42.9 Å². The van der Waals surface area contributed by atoms with Crippen molar-refractivity contribution in [2.75, 3.05) is 13.2 Å². The van der Waals surface area contributed by atoms with E-state index in [2.05, 4.69) is 106 Å². The summed E-state index contributed by atoms with van der Waals surface area (Å²) in [4.78, 5) is 51.3. The van der Waals surface area contributed by atoms with Crippen LogP contribution in [0.15, 0.2) is 97.2 Å². The van der Waals surface area contributed by atoms with Crippen molar-refractivity contribution < 1.29 is 58.2 Å². The quantitative estimate of drug-likeness (QED) is 0.0228. The first-order valence-electron chi connectivity index (χ1n) is 33.2. The lowest BCUT2D eigenvalue weighted by molar-refractivity contribution is -0.301. The molecule has 0 radical (unpaired) electrons. The standard InChI is InChI=1S/C71H118O12/c1-4-7-10-13-16-19-22-25-28-30-32-34-37-39-42-45-48-51-54-57-63(72)79-60-62(81-64(73)58-55-52-49-46-43-40-36-27-24-21-18-15-12-9-6-3)61-80-71-69(67(76)66(75)68(83-71)70(77)78)82-65(74)59-56-53-50-47-44-41-38-35-33-31-29-26-23-20-17-14-11-8-5-2/h7,10,16,19,25-29,32,34,36,39,42,48,51,62,66-69,71,75-76H,4-6,8-9,11-15,17-18,20-24,30-31,33,35,37-38,40-41,43-47,49-50,52-61H2,1-3H3,(H,77,78)/b10-7-,19-16-,28-25-,29-26-,34-32-,36-27-,42-39-,51-48-. The Labute approximate surface area is 504 Å². The van der Waals surface area contributed by atoms with E-state index in [1.165, 1.54) is 109 Å². The largest absolute Gasteiger partial charge is 0.479 e. The topological polar surface area (TPSA) is 175 Å². The zero-order valence-corrected chi connectivity index (χ0v) is 52.4. The SMILES string of the molecule is CC/C=C\C/C=C\C/C=C\C/C=C\C/C=C\C/C=C\CCC(=O)OCC(COC1OC(C(=O)O)C(O)C(O)C1OC(=O)CCCCCCCCCCC/C=C\CCCCCCCC)OC(=O)CCCCCCC/C=C\CCCCCCCC. The maximum Gasteiger partial charge on any atom is 0.335 e. The van der Waals surface area contributed by atoms with Crippen molar-refractivity contribution in [1.82, 2.24) is 0 Å². The molecule has 0 aromatic rings. The molecule has 474 valence electrons. The van der Waals surface area contributed by atoms with Crippen molar-refractivity contribution in [1.29, 1.82) is 0 Å². The molecule has 1 saturated heterocycles. The molecule has 6 unspecified atom stereocenters. The second-order valence-corrected chi connectivity index (χ2v) is 22.4. The van der Waals surface area contributed by atoms with Gasteiger partial charge in [-0.1, -0.05) is 246 Å². The van der Waals surface area contributed by atoms with Crippen LogP contribution in [0.25, 0.3) is 0 Å². The summed E-state index contributed by atoms with van der Waals surface area (Å²) in [6.07, 6.45) is 65.2. The normalized spacial score (nSPS) is 18.2. The molecule has 12 nitrogen and oxygen atoms in total. The Hall–Kier alpha value is -4.36. The van der Waals surface area contributed by atoms with Crippen LogP contribution in [0.2, 0.25) is 0 Å². The summed E-state index contributed by atoms with van der Waals surface area (Å²) >= 11 is 0. The summed E-state index contributed by atoms with van der Waals surface area (Å²) in [6.45, 7) is 5.83. The van der Waals surface area contributed by atoms with Gasteiger partial charge in [-0.3, -0.25) is 14.4 Å². The summed E-state index contributed by atoms with van der Waals surface area (Å²) in [5.41, 5.74) is 0. The fraction of sp³-hybridized carbons (Fsp3) is 0.718. The first-order chi connectivity index (χ1) is 40.6. The number of aliphatic hydroxyl groups excluding tert-OH is 2. The number of hydrogen-bond donors (Lipinski definition) is 3. The molecule has 0 aromatic carbocycles. The van der Waals surface area contributed by atoms with Gasteiger partial charge in [-0.25, -0.2) is 4.79 Å². The number of carboxylic acids is 1. The predicted molar refractivity (Wildman–Crippen MR) is 340 cm³/mol. The maximum absolute atomic E-state index is 13.2. The van der Waals surface area contributed by atoms with Crippen LogP contribution in [0.1, 0.15) is 278 Å². The number of rotatable bonds is 56. The summed E-state index contributed by atoms with van der Waals surface area (Å²) in [5, 5.41) is 31.6. The molecule has 0 bridgehead atoms. The lowest BCUT2D eigenvalue weighted by Gasteiger charge is -2.40. The monoisotopic (exact) mass is 1160 g/mol. The van der Waals surface area contributed by atoms with E-state index in [0.29, 0.717) is 19.3 Å². The molecule has 1 heterocycles. The van der Waals surface area contributed by atoms with Gasteiger partial charge in [-0.15, -0.1) is 0 Å². The van der Waals surface area contributed by atoms with E-state index in [-0.39, 0.29) is 25.9 Å². The molecule has 1 fully saturated rings. The fourth-order valence-electron chi connectivity index (χ4n) is 9.56. The Balaban J connectivity index is 2.70. The summed E-state index contributed by atoms with van der Waals surface area (Å²) < 4.78 is 28.5. The molecule has 0 aromatic heterocycles. The van der Waals surface area contributed by atoms with Crippen LogP contribution in [0.5, 0.6) is 0 Å². The number of unbranched alkanes of at least 4 members (excludes halogenated alkanes) is 26. The highest BCUT2D eigenvalue weighted by molar-refractivity contribution is 5.74. The number of hydrogen-bond acceptors (Lipinski definition) is 11. The lowest BCUT2D eigenvalue weighted by Crippen LogP contribution is -2.61. The van der Waals surface area contributed by atoms with Crippen LogP contribution >= 0.6 is 0 Å². The molecule has 0 spiro atoms. The van der Waals surface area contributed by atoms with Gasteiger partial charge in [-0.2, -0.15) is 0 Å². The Morgan fingerprint density at radius 1 is 0.410 bits per heavy atom. The average molecular weight is 1160 g/mol. The molecule has 0 amide bonds. The minimum atomic E-state index is -1.92. The van der Waals surface area contributed by atoms with Gasteiger partial charge in [0.05, 0.1) is 6.61 Å². The van der Waals surface area contributed by atoms with E-state index < -0.39 is 67.3 Å². The van der Waals surface area contributed by atoms with Crippen LogP contribution in [-0.4, -0.2) is 89.2 Å². The third-order valence-corrected chi connectivity index (χ3v) is 14.6. The Morgan fingerprint density at radius 2 is 0.783 bits per heavy atom. The van der Waals surface area contributed by atoms with E-state index in [0.717, 1.165) is 109 Å². The van der Waals surface area contributed by atoms with Crippen molar-refractivity contribution in [3.63, 3.8) is 0 Å². The minimum Gasteiger partial charge on any atom is -0.479 e. The Kier molecular flexibility index (Phi) is 53.6. The number of aliphatic hydroxyl groups is 2. The number of carbonyl (C=O) groups excluding carboxylic acids is 3. The van der Waals surface area contributed by atoms with Gasteiger partial charge in [0.2, 0.25) is 0 Å². The highest BCUT2D eigenvalue weighted by atomic mass is 16.7. The minimum absolute atomic E-state index is 0.0475. The summed E-state index contributed by atoms with van der Waals surface area (Å²) in [7, 11) is 0. The van der Waals surface area contributed by atoms with Crippen LogP contribution < -0.4 is 0 Å². The van der Waals surface area contributed by atoms with Gasteiger partial charge in [0, 0.05) is 19.3 Å². The first-order valence-corrected chi connectivity index (χ1v) is 33.2. The van der Waals surface area contributed by atoms with Crippen LogP contribution in [0.4, 0.5) is 0 Å². The summed E-state index contributed by atoms with van der Waals surface area (Å²) in [6, 6.07) is 0. The third-order valence-electron chi connectivity index (χ3n) is 14.6. The zero-order chi connectivity index (χ0) is 60.3. The Bertz CT molecular complexity index is 1810. The lowest BCUT2D eigenvalue weighted by atomic mass is 9.98. The molecular formula is C71H118O12. The molecule has 1 rings (SSSR count). The number of carboxylic acid groups (broad SMARTS) is 1. The van der Waals surface area contributed by atoms with Crippen LogP contribution in [0.3, 0.4) is 0 Å². The van der Waals surface area contributed by atoms with Crippen molar-refractivity contribution in [3.8, 4) is 0 Å². The first kappa shape index (κ1) is 76.7. The smallest absolute Gasteiger partial charge is 0.335 e. The van der Waals surface area contributed by atoms with Gasteiger partial charge in [-0.05, 0) is 109 Å². The molecule has 0 saturated carbocycles. The second kappa shape index (κ2) is 58.0. The molecule has 1 aliphatic rings. The average Bonchev–Trinajstić information content (AvgIpc) is 3.57. The number of ether oxygens (including phenoxy) is 5. The Morgan fingerprint density at radius 3 is 1.20 bits per heavy atom. The molecule has 3 N–H and O–H groups in total. The molecule has 1 aliphatic heterocycles. The van der Waals surface area contributed by atoms with Gasteiger partial charge >= 0.3 is 23.9 Å². The highest BCUT2D eigenvalue weighted by Gasteiger charge is 2.50. The highest BCUT2D eigenvalue weighted by Crippen LogP contribution is 2.27. The van der Waals surface area contributed by atoms with E-state index in [1.807, 2.05) is 12.2 Å². The molecule has 6 atom stereocenters. The van der Waals surface area contributed by atoms with Crippen molar-refractivity contribution in [2.24, 2.45) is 0 Å². The fourth-order valence-corrected chi connectivity index (χ4v) is 9.56. The molecule has 12 heteroatoms. The van der Waals surface area contributed by atoms with E-state index in [9.17, 15) is 34.5 Å². The summed E-state index contributed by atoms with van der Waals surface area (Å²) in [5.74, 6) is -3.24. The van der Waals surface area contributed by atoms with E-state index in [4.69, 9.17) is 23.7 Å². The molecular weight excluding hydrogens is 1040 g/mol. The number of carbonyl (C=O) groups is 4. The van der Waals surface area contributed by atoms with Crippen molar-refractivity contribution in [2.45, 2.75) is 314 Å². The zero-order valence-electron chi connectivity index (χ0n) is 52.4. The number of allylic oxidation sites excluding steroid dienone is 16. The van der Waals surface area contributed by atoms with Gasteiger partial charge in [0.25, 0.3) is 0 Å². The van der Waals surface area contributed by atoms with E-state index >= 15 is 0 Å².